The number of amides is 2. The number of piperazine rings is 1. The minimum atomic E-state index is -0.398. The zero-order chi connectivity index (χ0) is 15.8. The molecule has 1 saturated heterocycles. The molecule has 1 aliphatic carbocycles. The predicted octanol–water partition coefficient (Wildman–Crippen LogP) is 2.72. The van der Waals surface area contributed by atoms with Gasteiger partial charge in [0.05, 0.1) is 0 Å². The van der Waals surface area contributed by atoms with E-state index in [1.54, 1.807) is 0 Å². The Kier molecular flexibility index (Phi) is 4.36. The number of hydrogen-bond donors (Lipinski definition) is 1. The van der Waals surface area contributed by atoms with Crippen LogP contribution in [0.25, 0.3) is 0 Å². The van der Waals surface area contributed by atoms with Crippen LogP contribution in [0.1, 0.15) is 66.7 Å². The third kappa shape index (κ3) is 3.24. The standard InChI is InChI=1S/C17H30N2O2/c1-6-8-17(9-10-17)11-19-12(7-2)14(20)18-13(15(19)21)16(3,4)5/h12-13H,6-11H2,1-5H3,(H,18,20). The maximum Gasteiger partial charge on any atom is 0.246 e. The lowest BCUT2D eigenvalue weighted by atomic mass is 9.83. The van der Waals surface area contributed by atoms with Gasteiger partial charge in [0, 0.05) is 6.54 Å². The topological polar surface area (TPSA) is 49.4 Å². The first-order valence-electron chi connectivity index (χ1n) is 8.35. The monoisotopic (exact) mass is 294 g/mol. The lowest BCUT2D eigenvalue weighted by Gasteiger charge is -2.44. The molecule has 2 fully saturated rings. The molecule has 2 aliphatic rings. The van der Waals surface area contributed by atoms with Gasteiger partial charge < -0.3 is 10.2 Å². The first-order chi connectivity index (χ1) is 9.74. The van der Waals surface area contributed by atoms with Crippen molar-refractivity contribution in [3.8, 4) is 0 Å². The predicted molar refractivity (Wildman–Crippen MR) is 83.8 cm³/mol. The molecule has 1 aliphatic heterocycles. The molecule has 2 rings (SSSR count). The van der Waals surface area contributed by atoms with E-state index in [-0.39, 0.29) is 28.7 Å². The second-order valence-electron chi connectivity index (χ2n) is 7.95. The molecule has 0 aromatic heterocycles. The summed E-state index contributed by atoms with van der Waals surface area (Å²) in [7, 11) is 0. The molecule has 120 valence electrons. The van der Waals surface area contributed by atoms with Gasteiger partial charge in [-0.3, -0.25) is 9.59 Å². The summed E-state index contributed by atoms with van der Waals surface area (Å²) >= 11 is 0. The van der Waals surface area contributed by atoms with E-state index in [0.717, 1.165) is 19.4 Å². The van der Waals surface area contributed by atoms with Crippen molar-refractivity contribution in [3.63, 3.8) is 0 Å². The minimum Gasteiger partial charge on any atom is -0.342 e. The van der Waals surface area contributed by atoms with E-state index in [4.69, 9.17) is 0 Å². The van der Waals surface area contributed by atoms with E-state index in [1.165, 1.54) is 12.8 Å². The molecule has 4 nitrogen and oxygen atoms in total. The van der Waals surface area contributed by atoms with Gasteiger partial charge in [-0.2, -0.15) is 0 Å². The van der Waals surface area contributed by atoms with Crippen molar-refractivity contribution in [1.29, 1.82) is 0 Å². The van der Waals surface area contributed by atoms with Crippen LogP contribution in [0.15, 0.2) is 0 Å². The summed E-state index contributed by atoms with van der Waals surface area (Å²) in [6.07, 6.45) is 5.39. The molecule has 0 radical (unpaired) electrons. The number of carbonyl (C=O) groups is 2. The molecule has 1 saturated carbocycles. The van der Waals surface area contributed by atoms with Gasteiger partial charge >= 0.3 is 0 Å². The van der Waals surface area contributed by atoms with Crippen LogP contribution in [0.3, 0.4) is 0 Å². The van der Waals surface area contributed by atoms with Crippen LogP contribution in [0, 0.1) is 10.8 Å². The summed E-state index contributed by atoms with van der Waals surface area (Å²) in [4.78, 5) is 27.2. The van der Waals surface area contributed by atoms with Crippen LogP contribution in [0.2, 0.25) is 0 Å². The Bertz CT molecular complexity index is 421. The van der Waals surface area contributed by atoms with E-state index >= 15 is 0 Å². The van der Waals surface area contributed by atoms with Gasteiger partial charge in [0.15, 0.2) is 0 Å². The number of nitrogens with one attached hydrogen (secondary N) is 1. The van der Waals surface area contributed by atoms with Crippen molar-refractivity contribution in [2.45, 2.75) is 78.8 Å². The molecule has 0 aromatic rings. The smallest absolute Gasteiger partial charge is 0.246 e. The average molecular weight is 294 g/mol. The average Bonchev–Trinajstić information content (AvgIpc) is 3.13. The second-order valence-corrected chi connectivity index (χ2v) is 7.95. The zero-order valence-corrected chi connectivity index (χ0v) is 14.2. The summed E-state index contributed by atoms with van der Waals surface area (Å²) in [5.41, 5.74) is 0.0447. The van der Waals surface area contributed by atoms with Crippen molar-refractivity contribution in [3.05, 3.63) is 0 Å². The van der Waals surface area contributed by atoms with Gasteiger partial charge in [-0.25, -0.2) is 0 Å². The van der Waals surface area contributed by atoms with Gasteiger partial charge in [0.1, 0.15) is 12.1 Å². The number of rotatable bonds is 5. The highest BCUT2D eigenvalue weighted by molar-refractivity contribution is 5.97. The van der Waals surface area contributed by atoms with E-state index in [9.17, 15) is 9.59 Å². The Balaban J connectivity index is 2.21. The Morgan fingerprint density at radius 2 is 1.86 bits per heavy atom. The summed E-state index contributed by atoms with van der Waals surface area (Å²) in [5.74, 6) is 0.126. The first-order valence-corrected chi connectivity index (χ1v) is 8.35. The van der Waals surface area contributed by atoms with Crippen LogP contribution in [0.5, 0.6) is 0 Å². The first kappa shape index (κ1) is 16.3. The fourth-order valence-electron chi connectivity index (χ4n) is 3.50. The molecular weight excluding hydrogens is 264 g/mol. The molecule has 4 heteroatoms. The van der Waals surface area contributed by atoms with Gasteiger partial charge in [-0.15, -0.1) is 0 Å². The summed E-state index contributed by atoms with van der Waals surface area (Å²) in [5, 5.41) is 2.95. The van der Waals surface area contributed by atoms with Crippen molar-refractivity contribution < 1.29 is 9.59 Å². The van der Waals surface area contributed by atoms with Crippen molar-refractivity contribution >= 4 is 11.8 Å². The van der Waals surface area contributed by atoms with Crippen molar-refractivity contribution in [2.24, 2.45) is 10.8 Å². The number of carbonyl (C=O) groups excluding carboxylic acids is 2. The van der Waals surface area contributed by atoms with Crippen LogP contribution in [-0.2, 0) is 9.59 Å². The third-order valence-corrected chi connectivity index (χ3v) is 4.99. The zero-order valence-electron chi connectivity index (χ0n) is 14.2. The second kappa shape index (κ2) is 5.62. The van der Waals surface area contributed by atoms with E-state index in [1.807, 2.05) is 32.6 Å². The number of nitrogens with zero attached hydrogens (tertiary/aromatic N) is 1. The fourth-order valence-corrected chi connectivity index (χ4v) is 3.50. The fraction of sp³-hybridized carbons (Fsp3) is 0.882. The molecule has 0 spiro atoms. The van der Waals surface area contributed by atoms with Gasteiger partial charge in [-0.05, 0) is 36.5 Å². The van der Waals surface area contributed by atoms with Crippen molar-refractivity contribution in [1.82, 2.24) is 10.2 Å². The maximum atomic E-state index is 12.9. The molecule has 2 atom stereocenters. The van der Waals surface area contributed by atoms with Crippen LogP contribution in [0.4, 0.5) is 0 Å². The molecule has 0 aromatic carbocycles. The third-order valence-electron chi connectivity index (χ3n) is 4.99. The van der Waals surface area contributed by atoms with Gasteiger partial charge in [0.25, 0.3) is 0 Å². The Hall–Kier alpha value is -1.06. The highest BCUT2D eigenvalue weighted by Crippen LogP contribution is 2.50. The largest absolute Gasteiger partial charge is 0.342 e. The Morgan fingerprint density at radius 3 is 2.29 bits per heavy atom. The quantitative estimate of drug-likeness (QED) is 0.847. The molecular formula is C17H30N2O2. The summed E-state index contributed by atoms with van der Waals surface area (Å²) in [6, 6.07) is -0.685. The minimum absolute atomic E-state index is 0.0179. The SMILES string of the molecule is CCCC1(CN2C(=O)C(C(C)(C)C)NC(=O)C2CC)CC1. The lowest BCUT2D eigenvalue weighted by molar-refractivity contribution is -0.153. The van der Waals surface area contributed by atoms with Gasteiger partial charge in [-0.1, -0.05) is 41.0 Å². The van der Waals surface area contributed by atoms with E-state index in [0.29, 0.717) is 6.42 Å². The summed E-state index contributed by atoms with van der Waals surface area (Å²) in [6.45, 7) is 11.0. The highest BCUT2D eigenvalue weighted by atomic mass is 16.2. The molecule has 2 amide bonds. The van der Waals surface area contributed by atoms with Crippen LogP contribution in [-0.4, -0.2) is 35.3 Å². The highest BCUT2D eigenvalue weighted by Gasteiger charge is 2.50. The lowest BCUT2D eigenvalue weighted by Crippen LogP contribution is -2.67. The molecule has 21 heavy (non-hydrogen) atoms. The summed E-state index contributed by atoms with van der Waals surface area (Å²) < 4.78 is 0. The van der Waals surface area contributed by atoms with Crippen LogP contribution < -0.4 is 5.32 Å². The number of hydrogen-bond acceptors (Lipinski definition) is 2. The maximum absolute atomic E-state index is 12.9. The molecule has 0 bridgehead atoms. The molecule has 2 unspecified atom stereocenters. The van der Waals surface area contributed by atoms with Gasteiger partial charge in [0.2, 0.25) is 11.8 Å². The van der Waals surface area contributed by atoms with E-state index in [2.05, 4.69) is 12.2 Å². The normalized spacial score (nSPS) is 28.5. The molecule has 1 N–H and O–H groups in total. The van der Waals surface area contributed by atoms with E-state index < -0.39 is 6.04 Å². The Labute approximate surface area is 128 Å². The Morgan fingerprint density at radius 1 is 1.24 bits per heavy atom. The van der Waals surface area contributed by atoms with Crippen molar-refractivity contribution in [2.75, 3.05) is 6.54 Å². The molecule has 1 heterocycles. The van der Waals surface area contributed by atoms with Crippen LogP contribution >= 0.6 is 0 Å².